The van der Waals surface area contributed by atoms with E-state index in [0.717, 1.165) is 56.2 Å². The second-order valence-electron chi connectivity index (χ2n) is 6.31. The van der Waals surface area contributed by atoms with Crippen LogP contribution < -0.4 is 0 Å². The molecule has 0 atom stereocenters. The first-order chi connectivity index (χ1) is 10.9. The van der Waals surface area contributed by atoms with Crippen molar-refractivity contribution in [1.82, 2.24) is 9.21 Å². The van der Waals surface area contributed by atoms with E-state index in [0.29, 0.717) is 0 Å². The fraction of sp³-hybridized carbons (Fsp3) is 0.588. The van der Waals surface area contributed by atoms with Gasteiger partial charge in [0.1, 0.15) is 0 Å². The van der Waals surface area contributed by atoms with Gasteiger partial charge in [0, 0.05) is 19.6 Å². The maximum Gasteiger partial charge on any atom is 0.237 e. The van der Waals surface area contributed by atoms with Crippen LogP contribution in [0, 0.1) is 6.92 Å². The summed E-state index contributed by atoms with van der Waals surface area (Å²) < 4.78 is 25.4. The van der Waals surface area contributed by atoms with Crippen LogP contribution in [-0.2, 0) is 21.4 Å². The van der Waals surface area contributed by atoms with E-state index in [2.05, 4.69) is 0 Å². The molecule has 0 aliphatic carbocycles. The van der Waals surface area contributed by atoms with Crippen LogP contribution in [0.5, 0.6) is 0 Å². The van der Waals surface area contributed by atoms with Gasteiger partial charge in [0.2, 0.25) is 15.9 Å². The first kappa shape index (κ1) is 17.9. The fourth-order valence-electron chi connectivity index (χ4n) is 2.76. The molecule has 0 bridgehead atoms. The van der Waals surface area contributed by atoms with Crippen LogP contribution in [0.3, 0.4) is 0 Å². The Kier molecular flexibility index (Phi) is 6.18. The van der Waals surface area contributed by atoms with Crippen LogP contribution in [0.4, 0.5) is 0 Å². The monoisotopic (exact) mass is 338 g/mol. The maximum atomic E-state index is 12.5. The lowest BCUT2D eigenvalue weighted by atomic mass is 10.1. The molecule has 6 heteroatoms. The Morgan fingerprint density at radius 1 is 1.09 bits per heavy atom. The summed E-state index contributed by atoms with van der Waals surface area (Å²) in [7, 11) is -3.43. The molecule has 5 nitrogen and oxygen atoms in total. The van der Waals surface area contributed by atoms with Gasteiger partial charge in [0.05, 0.1) is 12.8 Å². The molecule has 23 heavy (non-hydrogen) atoms. The van der Waals surface area contributed by atoms with Gasteiger partial charge in [-0.1, -0.05) is 42.7 Å². The minimum atomic E-state index is -3.43. The van der Waals surface area contributed by atoms with E-state index in [1.807, 2.05) is 31.2 Å². The molecule has 1 aliphatic rings. The van der Waals surface area contributed by atoms with E-state index >= 15 is 0 Å². The lowest BCUT2D eigenvalue weighted by Gasteiger charge is -2.25. The van der Waals surface area contributed by atoms with Crippen molar-refractivity contribution >= 4 is 15.9 Å². The first-order valence-corrected chi connectivity index (χ1v) is 9.99. The molecule has 128 valence electrons. The molecular formula is C17H26N2O3S. The van der Waals surface area contributed by atoms with Gasteiger partial charge in [0.15, 0.2) is 0 Å². The van der Waals surface area contributed by atoms with Gasteiger partial charge in [-0.25, -0.2) is 8.42 Å². The average molecular weight is 338 g/mol. The zero-order valence-electron chi connectivity index (χ0n) is 14.0. The number of sulfonamides is 1. The van der Waals surface area contributed by atoms with Gasteiger partial charge in [-0.05, 0) is 25.3 Å². The number of nitrogens with zero attached hydrogens (tertiary/aromatic N) is 2. The van der Waals surface area contributed by atoms with Crippen molar-refractivity contribution in [3.8, 4) is 0 Å². The average Bonchev–Trinajstić information content (AvgIpc) is 2.77. The summed E-state index contributed by atoms with van der Waals surface area (Å²) in [5.74, 6) is -0.0931. The Morgan fingerprint density at radius 2 is 1.65 bits per heavy atom. The predicted molar refractivity (Wildman–Crippen MR) is 91.5 cm³/mol. The van der Waals surface area contributed by atoms with E-state index in [-0.39, 0.29) is 19.0 Å². The summed E-state index contributed by atoms with van der Waals surface area (Å²) in [5.41, 5.74) is 2.02. The van der Waals surface area contributed by atoms with Gasteiger partial charge in [-0.3, -0.25) is 4.79 Å². The summed E-state index contributed by atoms with van der Waals surface area (Å²) >= 11 is 0. The third-order valence-electron chi connectivity index (χ3n) is 4.22. The molecule has 1 amide bonds. The number of hydrogen-bond acceptors (Lipinski definition) is 3. The van der Waals surface area contributed by atoms with E-state index in [9.17, 15) is 13.2 Å². The molecule has 0 unspecified atom stereocenters. The summed E-state index contributed by atoms with van der Waals surface area (Å²) in [6.07, 6.45) is 5.45. The minimum absolute atomic E-state index is 0.0767. The van der Waals surface area contributed by atoms with Crippen LogP contribution in [0.25, 0.3) is 0 Å². The number of rotatable bonds is 5. The first-order valence-electron chi connectivity index (χ1n) is 8.15. The second-order valence-corrected chi connectivity index (χ2v) is 8.29. The van der Waals surface area contributed by atoms with Gasteiger partial charge in [-0.2, -0.15) is 4.31 Å². The highest BCUT2D eigenvalue weighted by molar-refractivity contribution is 7.88. The van der Waals surface area contributed by atoms with E-state index in [4.69, 9.17) is 0 Å². The molecule has 1 aliphatic heterocycles. The standard InChI is InChI=1S/C17H26N2O3S/c1-15-7-9-16(10-8-15)13-19(23(2,21)22)14-17(20)18-11-5-3-4-6-12-18/h7-10H,3-6,11-14H2,1-2H3. The molecule has 0 saturated carbocycles. The summed E-state index contributed by atoms with van der Waals surface area (Å²) in [6.45, 7) is 3.62. The van der Waals surface area contributed by atoms with Gasteiger partial charge >= 0.3 is 0 Å². The highest BCUT2D eigenvalue weighted by Crippen LogP contribution is 2.13. The van der Waals surface area contributed by atoms with Crippen molar-refractivity contribution in [3.05, 3.63) is 35.4 Å². The minimum Gasteiger partial charge on any atom is -0.342 e. The SMILES string of the molecule is Cc1ccc(CN(CC(=O)N2CCCCCC2)S(C)(=O)=O)cc1. The van der Waals surface area contributed by atoms with Crippen LogP contribution in [0.2, 0.25) is 0 Å². The number of aryl methyl sites for hydroxylation is 1. The smallest absolute Gasteiger partial charge is 0.237 e. The lowest BCUT2D eigenvalue weighted by Crippen LogP contribution is -2.42. The van der Waals surface area contributed by atoms with Crippen LogP contribution in [0.15, 0.2) is 24.3 Å². The summed E-state index contributed by atoms with van der Waals surface area (Å²) in [5, 5.41) is 0. The number of likely N-dealkylation sites (tertiary alicyclic amines) is 1. The fourth-order valence-corrected chi connectivity index (χ4v) is 3.49. The lowest BCUT2D eigenvalue weighted by molar-refractivity contribution is -0.131. The van der Waals surface area contributed by atoms with Crippen LogP contribution >= 0.6 is 0 Å². The summed E-state index contributed by atoms with van der Waals surface area (Å²) in [6, 6.07) is 7.71. The van der Waals surface area contributed by atoms with E-state index < -0.39 is 10.0 Å². The zero-order chi connectivity index (χ0) is 16.9. The Balaban J connectivity index is 2.06. The third kappa shape index (κ3) is 5.62. The Bertz CT molecular complexity index is 618. The van der Waals surface area contributed by atoms with Crippen molar-refractivity contribution in [2.24, 2.45) is 0 Å². The molecule has 1 aromatic carbocycles. The molecule has 1 saturated heterocycles. The van der Waals surface area contributed by atoms with Crippen molar-refractivity contribution in [3.63, 3.8) is 0 Å². The Hall–Kier alpha value is -1.40. The highest BCUT2D eigenvalue weighted by atomic mass is 32.2. The topological polar surface area (TPSA) is 57.7 Å². The predicted octanol–water partition coefficient (Wildman–Crippen LogP) is 2.16. The van der Waals surface area contributed by atoms with Crippen molar-refractivity contribution in [1.29, 1.82) is 0 Å². The zero-order valence-corrected chi connectivity index (χ0v) is 14.8. The number of hydrogen-bond donors (Lipinski definition) is 0. The van der Waals surface area contributed by atoms with Gasteiger partial charge < -0.3 is 4.90 Å². The van der Waals surface area contributed by atoms with Gasteiger partial charge in [0.25, 0.3) is 0 Å². The van der Waals surface area contributed by atoms with E-state index in [1.54, 1.807) is 4.90 Å². The molecule has 0 spiro atoms. The number of amides is 1. The Morgan fingerprint density at radius 3 is 2.17 bits per heavy atom. The number of benzene rings is 1. The molecule has 0 radical (unpaired) electrons. The van der Waals surface area contributed by atoms with Crippen LogP contribution in [-0.4, -0.2) is 49.4 Å². The molecule has 1 heterocycles. The van der Waals surface area contributed by atoms with Crippen molar-refractivity contribution < 1.29 is 13.2 Å². The Labute approximate surface area is 139 Å². The molecule has 1 fully saturated rings. The second kappa shape index (κ2) is 7.93. The normalized spacial score (nSPS) is 16.4. The molecular weight excluding hydrogens is 312 g/mol. The number of carbonyl (C=O) groups is 1. The molecule has 0 aromatic heterocycles. The molecule has 0 N–H and O–H groups in total. The highest BCUT2D eigenvalue weighted by Gasteiger charge is 2.24. The van der Waals surface area contributed by atoms with Gasteiger partial charge in [-0.15, -0.1) is 0 Å². The number of carbonyl (C=O) groups excluding carboxylic acids is 1. The van der Waals surface area contributed by atoms with E-state index in [1.165, 1.54) is 4.31 Å². The molecule has 2 rings (SSSR count). The third-order valence-corrected chi connectivity index (χ3v) is 5.42. The largest absolute Gasteiger partial charge is 0.342 e. The maximum absolute atomic E-state index is 12.5. The molecule has 1 aromatic rings. The van der Waals surface area contributed by atoms with Crippen molar-refractivity contribution in [2.45, 2.75) is 39.2 Å². The van der Waals surface area contributed by atoms with Crippen molar-refractivity contribution in [2.75, 3.05) is 25.9 Å². The quantitative estimate of drug-likeness (QED) is 0.827. The van der Waals surface area contributed by atoms with Crippen LogP contribution in [0.1, 0.15) is 36.8 Å². The summed E-state index contributed by atoms with van der Waals surface area (Å²) in [4.78, 5) is 14.3.